The van der Waals surface area contributed by atoms with Crippen molar-refractivity contribution in [3.63, 3.8) is 0 Å². The molecule has 0 spiro atoms. The summed E-state index contributed by atoms with van der Waals surface area (Å²) in [5.41, 5.74) is 0.815. The van der Waals surface area contributed by atoms with Gasteiger partial charge in [-0.25, -0.2) is 8.42 Å². The summed E-state index contributed by atoms with van der Waals surface area (Å²) in [7, 11) is -3.83. The number of para-hydroxylation sites is 1. The molecule has 2 aromatic rings. The van der Waals surface area contributed by atoms with Crippen LogP contribution in [0.25, 0.3) is 0 Å². The fourth-order valence-corrected chi connectivity index (χ4v) is 4.73. The van der Waals surface area contributed by atoms with Gasteiger partial charge in [-0.15, -0.1) is 0 Å². The van der Waals surface area contributed by atoms with Gasteiger partial charge in [-0.1, -0.05) is 41.4 Å². The van der Waals surface area contributed by atoms with E-state index < -0.39 is 15.8 Å². The minimum atomic E-state index is -3.83. The van der Waals surface area contributed by atoms with Crippen molar-refractivity contribution in [1.29, 1.82) is 0 Å². The van der Waals surface area contributed by atoms with Crippen LogP contribution in [0, 0.1) is 0 Å². The molecule has 1 saturated heterocycles. The second-order valence-corrected chi connectivity index (χ2v) is 8.55. The van der Waals surface area contributed by atoms with Crippen LogP contribution < -0.4 is 4.72 Å². The zero-order valence-corrected chi connectivity index (χ0v) is 16.6. The van der Waals surface area contributed by atoms with Gasteiger partial charge in [0.15, 0.2) is 0 Å². The number of morpholine rings is 1. The van der Waals surface area contributed by atoms with Crippen LogP contribution in [0.4, 0.5) is 5.69 Å². The number of ether oxygens (including phenoxy) is 1. The molecule has 27 heavy (non-hydrogen) atoms. The predicted molar refractivity (Wildman–Crippen MR) is 106 cm³/mol. The van der Waals surface area contributed by atoms with Crippen molar-refractivity contribution in [3.8, 4) is 0 Å². The monoisotopic (exact) mass is 428 g/mol. The number of benzene rings is 2. The van der Waals surface area contributed by atoms with Crippen LogP contribution in [0.3, 0.4) is 0 Å². The van der Waals surface area contributed by atoms with Crippen molar-refractivity contribution >= 4 is 44.8 Å². The van der Waals surface area contributed by atoms with Crippen LogP contribution in [0.15, 0.2) is 42.5 Å². The van der Waals surface area contributed by atoms with Gasteiger partial charge in [0, 0.05) is 28.7 Å². The molecule has 1 aliphatic rings. The van der Waals surface area contributed by atoms with Gasteiger partial charge in [0.05, 0.1) is 30.2 Å². The van der Waals surface area contributed by atoms with E-state index in [0.717, 1.165) is 0 Å². The first-order valence-electron chi connectivity index (χ1n) is 8.27. The molecule has 2 aromatic carbocycles. The Morgan fingerprint density at radius 1 is 1.04 bits per heavy atom. The largest absolute Gasteiger partial charge is 0.378 e. The Hall–Kier alpha value is -1.80. The Kier molecular flexibility index (Phi) is 6.26. The normalized spacial score (nSPS) is 14.8. The SMILES string of the molecule is O=C(c1ccccc1NS(=O)(=O)Cc1c(Cl)cccc1Cl)N1CCOCC1. The van der Waals surface area contributed by atoms with E-state index in [1.807, 2.05) is 0 Å². The Labute approximate surface area is 168 Å². The molecule has 1 N–H and O–H groups in total. The molecule has 144 valence electrons. The lowest BCUT2D eigenvalue weighted by atomic mass is 10.1. The Balaban J connectivity index is 1.84. The zero-order valence-electron chi connectivity index (χ0n) is 14.3. The molecule has 0 saturated carbocycles. The Morgan fingerprint density at radius 2 is 1.67 bits per heavy atom. The topological polar surface area (TPSA) is 75.7 Å². The minimum absolute atomic E-state index is 0.220. The number of rotatable bonds is 5. The number of nitrogens with one attached hydrogen (secondary N) is 1. The van der Waals surface area contributed by atoms with E-state index in [2.05, 4.69) is 4.72 Å². The average molecular weight is 429 g/mol. The van der Waals surface area contributed by atoms with Gasteiger partial charge in [-0.2, -0.15) is 0 Å². The minimum Gasteiger partial charge on any atom is -0.378 e. The van der Waals surface area contributed by atoms with E-state index in [9.17, 15) is 13.2 Å². The number of carbonyl (C=O) groups excluding carboxylic acids is 1. The zero-order chi connectivity index (χ0) is 19.4. The fourth-order valence-electron chi connectivity index (χ4n) is 2.76. The summed E-state index contributed by atoms with van der Waals surface area (Å²) in [6.07, 6.45) is 0. The standard InChI is InChI=1S/C18H18Cl2N2O4S/c19-15-5-3-6-16(20)14(15)12-27(24,25)21-17-7-2-1-4-13(17)18(23)22-8-10-26-11-9-22/h1-7,21H,8-12H2. The molecule has 1 fully saturated rings. The summed E-state index contributed by atoms with van der Waals surface area (Å²) >= 11 is 12.1. The van der Waals surface area contributed by atoms with Gasteiger partial charge in [-0.3, -0.25) is 9.52 Å². The van der Waals surface area contributed by atoms with Crippen molar-refractivity contribution in [2.45, 2.75) is 5.75 Å². The summed E-state index contributed by atoms with van der Waals surface area (Å²) in [6.45, 7) is 1.86. The van der Waals surface area contributed by atoms with E-state index in [0.29, 0.717) is 31.9 Å². The number of hydrogen-bond donors (Lipinski definition) is 1. The number of amides is 1. The molecular weight excluding hydrogens is 411 g/mol. The molecule has 0 bridgehead atoms. The Morgan fingerprint density at radius 3 is 2.33 bits per heavy atom. The molecule has 1 amide bonds. The average Bonchev–Trinajstić information content (AvgIpc) is 2.65. The number of halogens is 2. The van der Waals surface area contributed by atoms with Crippen LogP contribution in [0.1, 0.15) is 15.9 Å². The lowest BCUT2D eigenvalue weighted by molar-refractivity contribution is 0.0303. The first-order chi connectivity index (χ1) is 12.9. The molecule has 0 unspecified atom stereocenters. The third kappa shape index (κ3) is 4.93. The van der Waals surface area contributed by atoms with Gasteiger partial charge in [-0.05, 0) is 24.3 Å². The highest BCUT2D eigenvalue weighted by Crippen LogP contribution is 2.27. The summed E-state index contributed by atoms with van der Waals surface area (Å²) in [5.74, 6) is -0.640. The lowest BCUT2D eigenvalue weighted by Gasteiger charge is -2.27. The van der Waals surface area contributed by atoms with Gasteiger partial charge in [0.25, 0.3) is 5.91 Å². The van der Waals surface area contributed by atoms with Crippen LogP contribution >= 0.6 is 23.2 Å². The number of hydrogen-bond acceptors (Lipinski definition) is 4. The van der Waals surface area contributed by atoms with Crippen LogP contribution in [0.2, 0.25) is 10.0 Å². The quantitative estimate of drug-likeness (QED) is 0.791. The molecule has 9 heteroatoms. The van der Waals surface area contributed by atoms with Gasteiger partial charge < -0.3 is 9.64 Å². The van der Waals surface area contributed by atoms with Gasteiger partial charge in [0.1, 0.15) is 0 Å². The highest BCUT2D eigenvalue weighted by molar-refractivity contribution is 7.91. The molecule has 1 aliphatic heterocycles. The number of nitrogens with zero attached hydrogens (tertiary/aromatic N) is 1. The smallest absolute Gasteiger partial charge is 0.256 e. The van der Waals surface area contributed by atoms with Crippen molar-refractivity contribution in [1.82, 2.24) is 4.90 Å². The molecule has 0 radical (unpaired) electrons. The van der Waals surface area contributed by atoms with Crippen LogP contribution in [-0.2, 0) is 20.5 Å². The van der Waals surface area contributed by atoms with E-state index in [-0.39, 0.29) is 27.2 Å². The van der Waals surface area contributed by atoms with E-state index >= 15 is 0 Å². The molecule has 6 nitrogen and oxygen atoms in total. The van der Waals surface area contributed by atoms with Crippen molar-refractivity contribution < 1.29 is 17.9 Å². The van der Waals surface area contributed by atoms with E-state index in [4.69, 9.17) is 27.9 Å². The summed E-state index contributed by atoms with van der Waals surface area (Å²) in [5, 5.41) is 0.538. The van der Waals surface area contributed by atoms with E-state index in [1.54, 1.807) is 47.4 Å². The molecule has 0 aromatic heterocycles. The Bertz CT molecular complexity index is 924. The molecule has 3 rings (SSSR count). The van der Waals surface area contributed by atoms with E-state index in [1.165, 1.54) is 0 Å². The van der Waals surface area contributed by atoms with Crippen LogP contribution in [-0.4, -0.2) is 45.5 Å². The van der Waals surface area contributed by atoms with Crippen molar-refractivity contribution in [2.75, 3.05) is 31.0 Å². The van der Waals surface area contributed by atoms with Gasteiger partial charge >= 0.3 is 0 Å². The third-order valence-corrected chi connectivity index (χ3v) is 6.03. The van der Waals surface area contributed by atoms with Crippen molar-refractivity contribution in [2.24, 2.45) is 0 Å². The molecular formula is C18H18Cl2N2O4S. The predicted octanol–water partition coefficient (Wildman–Crippen LogP) is 3.41. The highest BCUT2D eigenvalue weighted by Gasteiger charge is 2.23. The fraction of sp³-hybridized carbons (Fsp3) is 0.278. The summed E-state index contributed by atoms with van der Waals surface area (Å²) in [4.78, 5) is 14.4. The second kappa shape index (κ2) is 8.48. The summed E-state index contributed by atoms with van der Waals surface area (Å²) in [6, 6.07) is 11.3. The second-order valence-electron chi connectivity index (χ2n) is 6.01. The molecule has 1 heterocycles. The summed E-state index contributed by atoms with van der Waals surface area (Å²) < 4.78 is 33.0. The maximum atomic E-state index is 12.8. The first-order valence-corrected chi connectivity index (χ1v) is 10.7. The molecule has 0 atom stereocenters. The van der Waals surface area contributed by atoms with Crippen LogP contribution in [0.5, 0.6) is 0 Å². The lowest BCUT2D eigenvalue weighted by Crippen LogP contribution is -2.41. The number of anilines is 1. The highest BCUT2D eigenvalue weighted by atomic mass is 35.5. The maximum Gasteiger partial charge on any atom is 0.256 e. The maximum absolute atomic E-state index is 12.8. The third-order valence-electron chi connectivity index (χ3n) is 4.12. The van der Waals surface area contributed by atoms with Crippen molar-refractivity contribution in [3.05, 3.63) is 63.6 Å². The number of sulfonamides is 1. The van der Waals surface area contributed by atoms with Gasteiger partial charge in [0.2, 0.25) is 10.0 Å². The number of carbonyl (C=O) groups is 1. The first kappa shape index (κ1) is 19.9. The molecule has 0 aliphatic carbocycles.